The number of aliphatic hydroxyl groups excluding tert-OH is 1. The number of carbonyl (C=O) groups is 1. The predicted molar refractivity (Wildman–Crippen MR) is 79.8 cm³/mol. The Hall–Kier alpha value is -1.30. The molecule has 1 heterocycles. The van der Waals surface area contributed by atoms with Crippen molar-refractivity contribution < 1.29 is 19.7 Å². The minimum absolute atomic E-state index is 0.0492. The number of halogens is 1. The van der Waals surface area contributed by atoms with Gasteiger partial charge in [0.25, 0.3) is 5.91 Å². The maximum Gasteiger partial charge on any atom is 0.254 e. The number of aliphatic hydroxyl groups is 1. The topological polar surface area (TPSA) is 70.0 Å². The number of methoxy groups -OCH3 is 1. The molecule has 1 amide bonds. The minimum Gasteiger partial charge on any atom is -0.506 e. The van der Waals surface area contributed by atoms with Gasteiger partial charge in [-0.2, -0.15) is 0 Å². The van der Waals surface area contributed by atoms with Crippen LogP contribution < -0.4 is 0 Å². The molecule has 1 aliphatic rings. The highest BCUT2D eigenvalue weighted by Gasteiger charge is 2.44. The maximum absolute atomic E-state index is 12.8. The molecule has 0 bridgehead atoms. The highest BCUT2D eigenvalue weighted by Crippen LogP contribution is 2.34. The van der Waals surface area contributed by atoms with Gasteiger partial charge in [-0.3, -0.25) is 4.79 Å². The van der Waals surface area contributed by atoms with Gasteiger partial charge in [-0.25, -0.2) is 0 Å². The predicted octanol–water partition coefficient (Wildman–Crippen LogP) is 1.97. The monoisotopic (exact) mass is 313 g/mol. The van der Waals surface area contributed by atoms with Crippen LogP contribution >= 0.6 is 11.6 Å². The second-order valence-electron chi connectivity index (χ2n) is 5.75. The lowest BCUT2D eigenvalue weighted by Crippen LogP contribution is -2.47. The quantitative estimate of drug-likeness (QED) is 0.895. The van der Waals surface area contributed by atoms with Gasteiger partial charge in [0.05, 0.1) is 23.3 Å². The number of ether oxygens (including phenoxy) is 1. The van der Waals surface area contributed by atoms with Crippen molar-refractivity contribution in [2.24, 2.45) is 0 Å². The molecule has 0 aromatic heterocycles. The fraction of sp³-hybridized carbons (Fsp3) is 0.533. The summed E-state index contributed by atoms with van der Waals surface area (Å²) in [5, 5.41) is 19.4. The Morgan fingerprint density at radius 3 is 2.81 bits per heavy atom. The van der Waals surface area contributed by atoms with Crippen molar-refractivity contribution in [2.45, 2.75) is 31.9 Å². The molecule has 21 heavy (non-hydrogen) atoms. The van der Waals surface area contributed by atoms with E-state index in [1.165, 1.54) is 12.1 Å². The summed E-state index contributed by atoms with van der Waals surface area (Å²) in [5.74, 6) is -0.266. The minimum atomic E-state index is -0.658. The number of likely N-dealkylation sites (tertiary alicyclic amines) is 1. The van der Waals surface area contributed by atoms with E-state index in [2.05, 4.69) is 0 Å². The maximum atomic E-state index is 12.8. The molecule has 1 saturated heterocycles. The van der Waals surface area contributed by atoms with Gasteiger partial charge in [-0.1, -0.05) is 11.6 Å². The van der Waals surface area contributed by atoms with Crippen molar-refractivity contribution in [3.8, 4) is 5.75 Å². The van der Waals surface area contributed by atoms with Gasteiger partial charge in [-0.05, 0) is 31.5 Å². The summed E-state index contributed by atoms with van der Waals surface area (Å²) in [5.41, 5.74) is 0.409. The second kappa shape index (κ2) is 5.83. The normalized spacial score (nSPS) is 25.4. The number of aryl methyl sites for hydroxylation is 1. The third-order valence-corrected chi connectivity index (χ3v) is 4.45. The second-order valence-corrected chi connectivity index (χ2v) is 6.16. The first kappa shape index (κ1) is 16.1. The van der Waals surface area contributed by atoms with E-state index >= 15 is 0 Å². The number of nitrogens with zero attached hydrogens (tertiary/aromatic N) is 1. The van der Waals surface area contributed by atoms with E-state index in [9.17, 15) is 15.0 Å². The zero-order chi connectivity index (χ0) is 15.8. The van der Waals surface area contributed by atoms with Crippen molar-refractivity contribution in [2.75, 3.05) is 20.3 Å². The van der Waals surface area contributed by atoms with E-state index in [4.69, 9.17) is 16.3 Å². The first-order valence-corrected chi connectivity index (χ1v) is 7.15. The van der Waals surface area contributed by atoms with Crippen LogP contribution in [0.15, 0.2) is 12.1 Å². The molecule has 2 rings (SSSR count). The molecule has 2 N–H and O–H groups in total. The van der Waals surface area contributed by atoms with Crippen molar-refractivity contribution >= 4 is 17.5 Å². The number of rotatable bonds is 3. The molecular formula is C15H20ClNO4. The summed E-state index contributed by atoms with van der Waals surface area (Å²) in [4.78, 5) is 14.4. The zero-order valence-electron chi connectivity index (χ0n) is 12.4. The van der Waals surface area contributed by atoms with Gasteiger partial charge < -0.3 is 19.8 Å². The molecule has 0 spiro atoms. The number of amides is 1. The van der Waals surface area contributed by atoms with Crippen LogP contribution in [0.25, 0.3) is 0 Å². The summed E-state index contributed by atoms with van der Waals surface area (Å²) < 4.78 is 5.33. The molecule has 1 aromatic carbocycles. The third-order valence-electron chi connectivity index (χ3n) is 4.15. The Morgan fingerprint density at radius 2 is 2.24 bits per heavy atom. The Morgan fingerprint density at radius 1 is 1.57 bits per heavy atom. The van der Waals surface area contributed by atoms with Crippen LogP contribution in [-0.4, -0.2) is 52.9 Å². The molecule has 5 nitrogen and oxygen atoms in total. The Bertz CT molecular complexity index is 563. The Labute approximate surface area is 129 Å². The lowest BCUT2D eigenvalue weighted by Gasteiger charge is -2.33. The molecule has 1 fully saturated rings. The van der Waals surface area contributed by atoms with E-state index in [1.54, 1.807) is 18.9 Å². The van der Waals surface area contributed by atoms with Gasteiger partial charge in [0.1, 0.15) is 5.75 Å². The van der Waals surface area contributed by atoms with Crippen LogP contribution in [0.2, 0.25) is 5.02 Å². The molecule has 0 aliphatic carbocycles. The fourth-order valence-electron chi connectivity index (χ4n) is 2.77. The number of benzene rings is 1. The SMILES string of the molecule is COC1CN(C(=O)c2cc(Cl)c(O)cc2C)C(C)(CO)C1. The fourth-order valence-corrected chi connectivity index (χ4v) is 2.93. The lowest BCUT2D eigenvalue weighted by atomic mass is 9.98. The summed E-state index contributed by atoms with van der Waals surface area (Å²) in [6.07, 6.45) is 0.482. The molecule has 0 saturated carbocycles. The van der Waals surface area contributed by atoms with E-state index < -0.39 is 5.54 Å². The van der Waals surface area contributed by atoms with Gasteiger partial charge >= 0.3 is 0 Å². The van der Waals surface area contributed by atoms with Gasteiger partial charge in [0, 0.05) is 25.6 Å². The van der Waals surface area contributed by atoms with Crippen molar-refractivity contribution in [3.05, 3.63) is 28.3 Å². The van der Waals surface area contributed by atoms with Crippen LogP contribution in [0, 0.1) is 6.92 Å². The number of aromatic hydroxyl groups is 1. The zero-order valence-corrected chi connectivity index (χ0v) is 13.1. The van der Waals surface area contributed by atoms with Crippen molar-refractivity contribution in [1.82, 2.24) is 4.90 Å². The van der Waals surface area contributed by atoms with Crippen molar-refractivity contribution in [3.63, 3.8) is 0 Å². The number of carbonyl (C=O) groups excluding carboxylic acids is 1. The van der Waals surface area contributed by atoms with Gasteiger partial charge in [0.15, 0.2) is 0 Å². The largest absolute Gasteiger partial charge is 0.506 e. The highest BCUT2D eigenvalue weighted by atomic mass is 35.5. The smallest absolute Gasteiger partial charge is 0.254 e. The number of phenolic OH excluding ortho intramolecular Hbond substituents is 1. The number of phenols is 1. The first-order chi connectivity index (χ1) is 9.82. The van der Waals surface area contributed by atoms with Gasteiger partial charge in [-0.15, -0.1) is 0 Å². The lowest BCUT2D eigenvalue weighted by molar-refractivity contribution is 0.0470. The molecule has 0 radical (unpaired) electrons. The standard InChI is InChI=1S/C15H20ClNO4/c1-9-4-13(19)12(16)5-11(9)14(20)17-7-10(21-3)6-15(17,2)8-18/h4-5,10,18-19H,6-8H2,1-3H3. The molecular weight excluding hydrogens is 294 g/mol. The van der Waals surface area contributed by atoms with E-state index in [1.807, 2.05) is 6.92 Å². The van der Waals surface area contributed by atoms with E-state index in [0.29, 0.717) is 24.1 Å². The molecule has 116 valence electrons. The van der Waals surface area contributed by atoms with Crippen LogP contribution in [0.4, 0.5) is 0 Å². The molecule has 1 aliphatic heterocycles. The summed E-state index contributed by atoms with van der Waals surface area (Å²) in [6, 6.07) is 2.93. The van der Waals surface area contributed by atoms with Crippen LogP contribution in [0.3, 0.4) is 0 Å². The Kier molecular flexibility index (Phi) is 4.46. The Balaban J connectivity index is 2.37. The van der Waals surface area contributed by atoms with Gasteiger partial charge in [0.2, 0.25) is 0 Å². The molecule has 2 unspecified atom stereocenters. The summed E-state index contributed by atoms with van der Waals surface area (Å²) in [7, 11) is 1.60. The average molecular weight is 314 g/mol. The van der Waals surface area contributed by atoms with E-state index in [-0.39, 0.29) is 29.4 Å². The third kappa shape index (κ3) is 2.86. The van der Waals surface area contributed by atoms with Crippen molar-refractivity contribution in [1.29, 1.82) is 0 Å². The number of hydrogen-bond acceptors (Lipinski definition) is 4. The molecule has 6 heteroatoms. The first-order valence-electron chi connectivity index (χ1n) is 6.77. The highest BCUT2D eigenvalue weighted by molar-refractivity contribution is 6.32. The number of hydrogen-bond donors (Lipinski definition) is 2. The summed E-state index contributed by atoms with van der Waals surface area (Å²) in [6.45, 7) is 3.86. The van der Waals surface area contributed by atoms with Crippen LogP contribution in [0.1, 0.15) is 29.3 Å². The molecule has 1 aromatic rings. The van der Waals surface area contributed by atoms with Crippen LogP contribution in [-0.2, 0) is 4.74 Å². The molecule has 2 atom stereocenters. The van der Waals surface area contributed by atoms with E-state index in [0.717, 1.165) is 0 Å². The summed E-state index contributed by atoms with van der Waals surface area (Å²) >= 11 is 5.90. The van der Waals surface area contributed by atoms with Crippen LogP contribution in [0.5, 0.6) is 5.75 Å². The average Bonchev–Trinajstić information content (AvgIpc) is 2.80.